The molecular weight excluding hydrogens is 559 g/mol. The zero-order chi connectivity index (χ0) is 29.9. The van der Waals surface area contributed by atoms with Gasteiger partial charge in [0.2, 0.25) is 0 Å². The molecule has 0 saturated carbocycles. The zero-order valence-electron chi connectivity index (χ0n) is 24.8. The van der Waals surface area contributed by atoms with Crippen LogP contribution in [0.4, 0.5) is 11.4 Å². The van der Waals surface area contributed by atoms with Crippen molar-refractivity contribution in [3.05, 3.63) is 152 Å². The lowest BCUT2D eigenvalue weighted by atomic mass is 9.44. The minimum Gasteiger partial charge on any atom is -0.455 e. The van der Waals surface area contributed by atoms with Crippen LogP contribution in [-0.4, -0.2) is 11.4 Å². The molecule has 0 amide bonds. The molecule has 0 bridgehead atoms. The molecule has 7 aromatic carbocycles. The van der Waals surface area contributed by atoms with Crippen molar-refractivity contribution in [2.45, 2.75) is 0 Å². The van der Waals surface area contributed by atoms with E-state index in [1.165, 1.54) is 55.1 Å². The van der Waals surface area contributed by atoms with Gasteiger partial charge >= 0.3 is 6.85 Å². The van der Waals surface area contributed by atoms with Crippen LogP contribution in [-0.2, 0) is 0 Å². The molecular formula is C42H25BN2O. The van der Waals surface area contributed by atoms with Crippen LogP contribution in [0.3, 0.4) is 0 Å². The van der Waals surface area contributed by atoms with Crippen LogP contribution >= 0.6 is 0 Å². The number of benzene rings is 7. The van der Waals surface area contributed by atoms with Crippen molar-refractivity contribution in [3.8, 4) is 27.9 Å². The maximum Gasteiger partial charge on any atom is 0.333 e. The van der Waals surface area contributed by atoms with E-state index in [-0.39, 0.29) is 6.85 Å². The minimum atomic E-state index is -0.0212. The molecule has 2 aliphatic rings. The number of hydrogen-bond acceptors (Lipinski definition) is 2. The van der Waals surface area contributed by atoms with Gasteiger partial charge in [0.05, 0.1) is 11.0 Å². The summed E-state index contributed by atoms with van der Waals surface area (Å²) >= 11 is 0. The standard InChI is InChI=1S/C42H25BN2O/c1-3-13-26(14-4-1)31-25-32-39-36(24-23-29-28-17-8-12-22-37(28)46-42(29)39)45(27-15-5-2-6-16-27)43-33-19-9-11-21-35(33)44-34-20-10-7-18-30(34)38(31)41(44)40(32)43/h1-25H. The summed E-state index contributed by atoms with van der Waals surface area (Å²) in [4.78, 5) is 2.55. The predicted molar refractivity (Wildman–Crippen MR) is 193 cm³/mol. The van der Waals surface area contributed by atoms with Gasteiger partial charge in [-0.15, -0.1) is 0 Å². The Bertz CT molecular complexity index is 2710. The molecule has 3 nitrogen and oxygen atoms in total. The lowest BCUT2D eigenvalue weighted by molar-refractivity contribution is 0.670. The van der Waals surface area contributed by atoms with E-state index in [2.05, 4.69) is 161 Å². The largest absolute Gasteiger partial charge is 0.455 e. The van der Waals surface area contributed by atoms with Gasteiger partial charge in [-0.25, -0.2) is 0 Å². The molecule has 11 rings (SSSR count). The highest BCUT2D eigenvalue weighted by atomic mass is 16.3. The average Bonchev–Trinajstić information content (AvgIpc) is 3.68. The van der Waals surface area contributed by atoms with Crippen molar-refractivity contribution in [1.82, 2.24) is 4.57 Å². The summed E-state index contributed by atoms with van der Waals surface area (Å²) in [7, 11) is 0. The number of furan rings is 1. The molecule has 9 aromatic rings. The smallest absolute Gasteiger partial charge is 0.333 e. The van der Waals surface area contributed by atoms with Gasteiger partial charge in [0.15, 0.2) is 0 Å². The molecule has 0 atom stereocenters. The van der Waals surface area contributed by atoms with Crippen LogP contribution in [0, 0.1) is 0 Å². The highest BCUT2D eigenvalue weighted by Gasteiger charge is 2.45. The van der Waals surface area contributed by atoms with Gasteiger partial charge in [-0.2, -0.15) is 0 Å². The second kappa shape index (κ2) is 8.80. The fourth-order valence-electron chi connectivity index (χ4n) is 8.37. The Hall–Kier alpha value is -6.00. The fraction of sp³-hybridized carbons (Fsp3) is 0. The first-order valence-corrected chi connectivity index (χ1v) is 15.9. The van der Waals surface area contributed by atoms with E-state index >= 15 is 0 Å². The average molecular weight is 584 g/mol. The first kappa shape index (κ1) is 24.3. The highest BCUT2D eigenvalue weighted by molar-refractivity contribution is 6.94. The van der Waals surface area contributed by atoms with Gasteiger partial charge in [-0.3, -0.25) is 0 Å². The Morgan fingerprint density at radius 1 is 0.543 bits per heavy atom. The van der Waals surface area contributed by atoms with Gasteiger partial charge < -0.3 is 13.8 Å². The normalized spacial score (nSPS) is 13.1. The van der Waals surface area contributed by atoms with E-state index in [0.717, 1.165) is 38.9 Å². The molecule has 0 N–H and O–H groups in total. The van der Waals surface area contributed by atoms with Gasteiger partial charge in [-0.05, 0) is 76.1 Å². The van der Waals surface area contributed by atoms with E-state index in [0.29, 0.717) is 0 Å². The van der Waals surface area contributed by atoms with Crippen molar-refractivity contribution >= 4 is 72.9 Å². The topological polar surface area (TPSA) is 21.3 Å². The van der Waals surface area contributed by atoms with Crippen LogP contribution in [0.2, 0.25) is 0 Å². The van der Waals surface area contributed by atoms with E-state index in [1.54, 1.807) is 0 Å². The number of rotatable bonds is 2. The summed E-state index contributed by atoms with van der Waals surface area (Å²) in [6, 6.07) is 55.0. The third kappa shape index (κ3) is 2.99. The summed E-state index contributed by atoms with van der Waals surface area (Å²) in [5.74, 6) is 0. The first-order chi connectivity index (χ1) is 22.9. The number of para-hydroxylation sites is 4. The monoisotopic (exact) mass is 584 g/mol. The molecule has 4 heterocycles. The van der Waals surface area contributed by atoms with E-state index < -0.39 is 0 Å². The summed E-state index contributed by atoms with van der Waals surface area (Å²) < 4.78 is 9.35. The number of fused-ring (bicyclic) bond motifs is 12. The summed E-state index contributed by atoms with van der Waals surface area (Å²) in [6.45, 7) is -0.0212. The third-order valence-corrected chi connectivity index (χ3v) is 10.2. The Balaban J connectivity index is 1.42. The number of nitrogens with zero attached hydrogens (tertiary/aromatic N) is 2. The molecule has 4 heteroatoms. The van der Waals surface area contributed by atoms with Crippen molar-refractivity contribution < 1.29 is 4.42 Å². The maximum absolute atomic E-state index is 6.83. The van der Waals surface area contributed by atoms with Crippen LogP contribution in [0.25, 0.3) is 71.7 Å². The lowest BCUT2D eigenvalue weighted by Crippen LogP contribution is -2.60. The number of aromatic nitrogens is 1. The molecule has 0 fully saturated rings. The highest BCUT2D eigenvalue weighted by Crippen LogP contribution is 2.50. The quantitative estimate of drug-likeness (QED) is 0.189. The third-order valence-electron chi connectivity index (χ3n) is 10.2. The molecule has 0 unspecified atom stereocenters. The fourth-order valence-corrected chi connectivity index (χ4v) is 8.37. The van der Waals surface area contributed by atoms with Crippen molar-refractivity contribution in [1.29, 1.82) is 0 Å². The maximum atomic E-state index is 6.83. The lowest BCUT2D eigenvalue weighted by Gasteiger charge is -2.42. The van der Waals surface area contributed by atoms with Crippen molar-refractivity contribution in [3.63, 3.8) is 0 Å². The molecule has 0 saturated heterocycles. The summed E-state index contributed by atoms with van der Waals surface area (Å²) in [5, 5.41) is 4.86. The molecule has 2 aromatic heterocycles. The van der Waals surface area contributed by atoms with Gasteiger partial charge in [-0.1, -0.05) is 103 Å². The Labute approximate surface area is 265 Å². The zero-order valence-corrected chi connectivity index (χ0v) is 24.8. The van der Waals surface area contributed by atoms with Crippen LogP contribution in [0.15, 0.2) is 156 Å². The van der Waals surface area contributed by atoms with E-state index in [9.17, 15) is 0 Å². The second-order valence-electron chi connectivity index (χ2n) is 12.4. The number of anilines is 2. The van der Waals surface area contributed by atoms with Crippen molar-refractivity contribution in [2.75, 3.05) is 4.81 Å². The van der Waals surface area contributed by atoms with Crippen LogP contribution < -0.4 is 15.7 Å². The Morgan fingerprint density at radius 2 is 1.26 bits per heavy atom. The molecule has 212 valence electrons. The number of hydrogen-bond donors (Lipinski definition) is 0. The Morgan fingerprint density at radius 3 is 2.13 bits per heavy atom. The molecule has 0 spiro atoms. The second-order valence-corrected chi connectivity index (χ2v) is 12.4. The van der Waals surface area contributed by atoms with Gasteiger partial charge in [0.1, 0.15) is 11.2 Å². The summed E-state index contributed by atoms with van der Waals surface area (Å²) in [6.07, 6.45) is 0. The predicted octanol–water partition coefficient (Wildman–Crippen LogP) is 9.59. The van der Waals surface area contributed by atoms with E-state index in [1.807, 2.05) is 0 Å². The van der Waals surface area contributed by atoms with Crippen LogP contribution in [0.5, 0.6) is 0 Å². The first-order valence-electron chi connectivity index (χ1n) is 15.9. The molecule has 2 aliphatic heterocycles. The minimum absolute atomic E-state index is 0.0212. The molecule has 46 heavy (non-hydrogen) atoms. The molecule has 0 aliphatic carbocycles. The SMILES string of the molecule is c1ccc(-c2cc3c4c5c2c2ccccc2n5-c2ccccc2B4N(c2ccccc2)c2ccc4c(oc5ccccc54)c2-3)cc1. The Kier molecular flexibility index (Phi) is 4.66. The van der Waals surface area contributed by atoms with Crippen molar-refractivity contribution in [2.24, 2.45) is 0 Å². The molecule has 0 radical (unpaired) electrons. The van der Waals surface area contributed by atoms with Gasteiger partial charge in [0, 0.05) is 44.2 Å². The van der Waals surface area contributed by atoms with Crippen LogP contribution in [0.1, 0.15) is 0 Å². The summed E-state index contributed by atoms with van der Waals surface area (Å²) in [5.41, 5.74) is 15.4. The van der Waals surface area contributed by atoms with Gasteiger partial charge in [0.25, 0.3) is 0 Å². The van der Waals surface area contributed by atoms with E-state index in [4.69, 9.17) is 4.42 Å².